The van der Waals surface area contributed by atoms with E-state index in [1.807, 2.05) is 0 Å². The van der Waals surface area contributed by atoms with Gasteiger partial charge in [0.2, 0.25) is 0 Å². The first-order valence-corrected chi connectivity index (χ1v) is 8.05. The smallest absolute Gasteiger partial charge is 0.148 e. The fraction of sp³-hybridized carbons (Fsp3) is 1.00. The third kappa shape index (κ3) is 9.12. The van der Waals surface area contributed by atoms with Crippen LogP contribution in [0.3, 0.4) is 0 Å². The lowest BCUT2D eigenvalue weighted by Gasteiger charge is -2.25. The highest BCUT2D eigenvalue weighted by Gasteiger charge is 2.07. The van der Waals surface area contributed by atoms with E-state index in [-0.39, 0.29) is 5.75 Å². The molecule has 0 atom stereocenters. The quantitative estimate of drug-likeness (QED) is 0.613. The Bertz CT molecular complexity index is 263. The Kier molecular flexibility index (Phi) is 7.97. The van der Waals surface area contributed by atoms with Crippen molar-refractivity contribution in [3.05, 3.63) is 0 Å². The van der Waals surface area contributed by atoms with Gasteiger partial charge in [-0.1, -0.05) is 6.92 Å². The molecule has 4 nitrogen and oxygen atoms in total. The summed E-state index contributed by atoms with van der Waals surface area (Å²) in [5.41, 5.74) is 0. The SMILES string of the molecule is CCCN(CCNCCS(C)(=O)=O)C(C)C. The number of hydrogen-bond donors (Lipinski definition) is 1. The van der Waals surface area contributed by atoms with Gasteiger partial charge in [0, 0.05) is 31.9 Å². The van der Waals surface area contributed by atoms with Gasteiger partial charge in [-0.2, -0.15) is 0 Å². The third-order valence-electron chi connectivity index (χ3n) is 2.47. The van der Waals surface area contributed by atoms with Gasteiger partial charge >= 0.3 is 0 Å². The van der Waals surface area contributed by atoms with E-state index < -0.39 is 9.84 Å². The highest BCUT2D eigenvalue weighted by atomic mass is 32.2. The second-order valence-corrected chi connectivity index (χ2v) is 6.77. The van der Waals surface area contributed by atoms with E-state index in [4.69, 9.17) is 0 Å². The molecule has 0 aromatic rings. The van der Waals surface area contributed by atoms with E-state index in [1.54, 1.807) is 0 Å². The van der Waals surface area contributed by atoms with Crippen LogP contribution in [0.4, 0.5) is 0 Å². The molecule has 0 unspecified atom stereocenters. The molecule has 0 aliphatic carbocycles. The molecule has 1 N–H and O–H groups in total. The minimum Gasteiger partial charge on any atom is -0.314 e. The summed E-state index contributed by atoms with van der Waals surface area (Å²) in [4.78, 5) is 2.40. The van der Waals surface area contributed by atoms with E-state index >= 15 is 0 Å². The number of nitrogens with zero attached hydrogens (tertiary/aromatic N) is 1. The van der Waals surface area contributed by atoms with Crippen LogP contribution in [0.15, 0.2) is 0 Å². The Hall–Kier alpha value is -0.130. The van der Waals surface area contributed by atoms with Gasteiger partial charge in [0.05, 0.1) is 5.75 Å². The van der Waals surface area contributed by atoms with Crippen molar-refractivity contribution in [1.29, 1.82) is 0 Å². The lowest BCUT2D eigenvalue weighted by atomic mass is 10.3. The summed E-state index contributed by atoms with van der Waals surface area (Å²) in [5, 5.41) is 3.16. The van der Waals surface area contributed by atoms with Gasteiger partial charge in [-0.05, 0) is 26.8 Å². The number of rotatable bonds is 9. The lowest BCUT2D eigenvalue weighted by molar-refractivity contribution is 0.223. The van der Waals surface area contributed by atoms with E-state index in [0.717, 1.165) is 26.1 Å². The zero-order valence-electron chi connectivity index (χ0n) is 11.0. The molecule has 0 radical (unpaired) electrons. The predicted molar refractivity (Wildman–Crippen MR) is 69.6 cm³/mol. The Balaban J connectivity index is 3.63. The largest absolute Gasteiger partial charge is 0.314 e. The molecule has 0 amide bonds. The molecular weight excluding hydrogens is 224 g/mol. The molecule has 0 aromatic carbocycles. The molecule has 0 rings (SSSR count). The molecule has 0 aliphatic heterocycles. The third-order valence-corrected chi connectivity index (χ3v) is 3.41. The Morgan fingerprint density at radius 2 is 1.81 bits per heavy atom. The van der Waals surface area contributed by atoms with Crippen molar-refractivity contribution in [2.24, 2.45) is 0 Å². The molecule has 5 heteroatoms. The van der Waals surface area contributed by atoms with Crippen molar-refractivity contribution >= 4 is 9.84 Å². The van der Waals surface area contributed by atoms with Crippen LogP contribution in [0.2, 0.25) is 0 Å². The molecule has 98 valence electrons. The fourth-order valence-electron chi connectivity index (χ4n) is 1.52. The van der Waals surface area contributed by atoms with Crippen LogP contribution >= 0.6 is 0 Å². The molecule has 0 heterocycles. The van der Waals surface area contributed by atoms with E-state index in [1.165, 1.54) is 6.26 Å². The van der Waals surface area contributed by atoms with E-state index in [0.29, 0.717) is 12.6 Å². The molecule has 0 spiro atoms. The summed E-state index contributed by atoms with van der Waals surface area (Å²) < 4.78 is 21.8. The van der Waals surface area contributed by atoms with Gasteiger partial charge in [0.1, 0.15) is 9.84 Å². The summed E-state index contributed by atoms with van der Waals surface area (Å²) >= 11 is 0. The van der Waals surface area contributed by atoms with Crippen LogP contribution in [0.5, 0.6) is 0 Å². The van der Waals surface area contributed by atoms with Gasteiger partial charge in [-0.25, -0.2) is 8.42 Å². The molecule has 16 heavy (non-hydrogen) atoms. The van der Waals surface area contributed by atoms with Crippen LogP contribution < -0.4 is 5.32 Å². The average Bonchev–Trinajstić information content (AvgIpc) is 2.13. The highest BCUT2D eigenvalue weighted by molar-refractivity contribution is 7.90. The topological polar surface area (TPSA) is 49.4 Å². The first-order chi connectivity index (χ1) is 7.37. The monoisotopic (exact) mass is 250 g/mol. The van der Waals surface area contributed by atoms with Crippen molar-refractivity contribution in [3.8, 4) is 0 Å². The highest BCUT2D eigenvalue weighted by Crippen LogP contribution is 1.98. The van der Waals surface area contributed by atoms with Gasteiger partial charge in [-0.15, -0.1) is 0 Å². The maximum atomic E-state index is 10.9. The van der Waals surface area contributed by atoms with Crippen LogP contribution in [-0.2, 0) is 9.84 Å². The van der Waals surface area contributed by atoms with E-state index in [9.17, 15) is 8.42 Å². The Morgan fingerprint density at radius 1 is 1.19 bits per heavy atom. The first-order valence-electron chi connectivity index (χ1n) is 5.99. The normalized spacial score (nSPS) is 12.6. The Morgan fingerprint density at radius 3 is 2.25 bits per heavy atom. The Labute approximate surface area is 100 Å². The second-order valence-electron chi connectivity index (χ2n) is 4.51. The lowest BCUT2D eigenvalue weighted by Crippen LogP contribution is -2.38. The molecule has 0 bridgehead atoms. The van der Waals surface area contributed by atoms with Crippen LogP contribution in [0.25, 0.3) is 0 Å². The summed E-state index contributed by atoms with van der Waals surface area (Å²) in [7, 11) is -2.83. The first kappa shape index (κ1) is 15.9. The summed E-state index contributed by atoms with van der Waals surface area (Å²) in [6.45, 7) is 10.0. The zero-order valence-corrected chi connectivity index (χ0v) is 11.8. The number of hydrogen-bond acceptors (Lipinski definition) is 4. The number of nitrogens with one attached hydrogen (secondary N) is 1. The van der Waals surface area contributed by atoms with Crippen molar-refractivity contribution in [1.82, 2.24) is 10.2 Å². The molecule has 0 saturated heterocycles. The number of sulfone groups is 1. The van der Waals surface area contributed by atoms with Crippen LogP contribution in [0.1, 0.15) is 27.2 Å². The van der Waals surface area contributed by atoms with Crippen LogP contribution in [0, 0.1) is 0 Å². The van der Waals surface area contributed by atoms with Crippen molar-refractivity contribution in [2.75, 3.05) is 38.2 Å². The van der Waals surface area contributed by atoms with Gasteiger partial charge in [0.15, 0.2) is 0 Å². The van der Waals surface area contributed by atoms with E-state index in [2.05, 4.69) is 31.0 Å². The predicted octanol–water partition coefficient (Wildman–Crippen LogP) is 0.741. The molecule has 0 saturated carbocycles. The second kappa shape index (κ2) is 8.03. The summed E-state index contributed by atoms with van der Waals surface area (Å²) in [6, 6.07) is 0.552. The molecule has 0 aliphatic rings. The average molecular weight is 250 g/mol. The van der Waals surface area contributed by atoms with Gasteiger partial charge in [0.25, 0.3) is 0 Å². The van der Waals surface area contributed by atoms with Crippen molar-refractivity contribution < 1.29 is 8.42 Å². The maximum absolute atomic E-state index is 10.9. The maximum Gasteiger partial charge on any atom is 0.148 e. The summed E-state index contributed by atoms with van der Waals surface area (Å²) in [5.74, 6) is 0.225. The summed E-state index contributed by atoms with van der Waals surface area (Å²) in [6.07, 6.45) is 2.42. The molecular formula is C11H26N2O2S. The van der Waals surface area contributed by atoms with Gasteiger partial charge < -0.3 is 5.32 Å². The minimum atomic E-state index is -2.83. The van der Waals surface area contributed by atoms with Crippen molar-refractivity contribution in [3.63, 3.8) is 0 Å². The van der Waals surface area contributed by atoms with Gasteiger partial charge in [-0.3, -0.25) is 4.90 Å². The molecule has 0 fully saturated rings. The zero-order chi connectivity index (χ0) is 12.6. The fourth-order valence-corrected chi connectivity index (χ4v) is 2.04. The standard InChI is InChI=1S/C11H26N2O2S/c1-5-8-13(11(2)3)9-6-12-7-10-16(4,14)15/h11-12H,5-10H2,1-4H3. The van der Waals surface area contributed by atoms with Crippen LogP contribution in [-0.4, -0.2) is 57.5 Å². The molecule has 0 aromatic heterocycles. The van der Waals surface area contributed by atoms with Crippen molar-refractivity contribution in [2.45, 2.75) is 33.2 Å². The minimum absolute atomic E-state index is 0.225.